The van der Waals surface area contributed by atoms with Crippen LogP contribution < -0.4 is 4.90 Å². The molecule has 40 heavy (non-hydrogen) atoms. The van der Waals surface area contributed by atoms with Gasteiger partial charge >= 0.3 is 0 Å². The summed E-state index contributed by atoms with van der Waals surface area (Å²) in [5.74, 6) is -12.5. The Hall–Kier alpha value is -3.38. The molecule has 3 aromatic rings. The largest absolute Gasteiger partial charge is 0.305 e. The van der Waals surface area contributed by atoms with Crippen LogP contribution in [-0.2, 0) is 21.4 Å². The highest BCUT2D eigenvalue weighted by atomic mass is 32.2. The molecule has 0 radical (unpaired) electrons. The molecule has 2 aromatic carbocycles. The van der Waals surface area contributed by atoms with Crippen LogP contribution in [0, 0.1) is 29.1 Å². The summed E-state index contributed by atoms with van der Waals surface area (Å²) in [7, 11) is -5.25. The Balaban J connectivity index is 1.43. The molecule has 1 amide bonds. The molecule has 5 rings (SSSR count). The van der Waals surface area contributed by atoms with E-state index in [-0.39, 0.29) is 19.5 Å². The number of hydrogen-bond acceptors (Lipinski definition) is 4. The number of halogens is 5. The third-order valence-corrected chi connectivity index (χ3v) is 9.50. The van der Waals surface area contributed by atoms with Crippen molar-refractivity contribution in [3.8, 4) is 0 Å². The van der Waals surface area contributed by atoms with E-state index in [1.54, 1.807) is 42.6 Å². The zero-order valence-electron chi connectivity index (χ0n) is 21.3. The van der Waals surface area contributed by atoms with Crippen LogP contribution in [0.15, 0.2) is 53.6 Å². The second-order valence-corrected chi connectivity index (χ2v) is 11.8. The maximum Gasteiger partial charge on any atom is 0.249 e. The molecule has 2 fully saturated rings. The Morgan fingerprint density at radius 2 is 1.48 bits per heavy atom. The molecule has 12 heteroatoms. The summed E-state index contributed by atoms with van der Waals surface area (Å²) in [6.07, 6.45) is 7.49. The number of para-hydroxylation sites is 1. The number of hydrogen-bond donors (Lipinski definition) is 0. The van der Waals surface area contributed by atoms with Gasteiger partial charge in [-0.15, -0.1) is 0 Å². The summed E-state index contributed by atoms with van der Waals surface area (Å²) >= 11 is 0. The highest BCUT2D eigenvalue weighted by molar-refractivity contribution is 7.89. The molecule has 0 spiro atoms. The van der Waals surface area contributed by atoms with Crippen LogP contribution in [0.4, 0.5) is 27.6 Å². The Morgan fingerprint density at radius 1 is 0.850 bits per heavy atom. The third kappa shape index (κ3) is 5.10. The van der Waals surface area contributed by atoms with Gasteiger partial charge in [0.25, 0.3) is 0 Å². The fourth-order valence-corrected chi connectivity index (χ4v) is 7.02. The van der Waals surface area contributed by atoms with E-state index < -0.39 is 56.0 Å². The third-order valence-electron chi connectivity index (χ3n) is 7.57. The van der Waals surface area contributed by atoms with Crippen molar-refractivity contribution >= 4 is 21.6 Å². The predicted octanol–water partition coefficient (Wildman–Crippen LogP) is 5.82. The number of carbonyl (C=O) groups excluding carboxylic acids is 1. The molecule has 1 aromatic heterocycles. The van der Waals surface area contributed by atoms with Crippen molar-refractivity contribution in [2.24, 2.45) is 0 Å². The number of pyridine rings is 1. The quantitative estimate of drug-likeness (QED) is 0.201. The van der Waals surface area contributed by atoms with Crippen LogP contribution in [0.5, 0.6) is 0 Å². The Bertz CT molecular complexity index is 1490. The number of rotatable bonds is 7. The van der Waals surface area contributed by atoms with Crippen LogP contribution in [0.3, 0.4) is 0 Å². The first-order valence-electron chi connectivity index (χ1n) is 13.0. The fourth-order valence-electron chi connectivity index (χ4n) is 5.28. The summed E-state index contributed by atoms with van der Waals surface area (Å²) in [6, 6.07) is 10.7. The smallest absolute Gasteiger partial charge is 0.249 e. The number of aromatic nitrogens is 1. The predicted molar refractivity (Wildman–Crippen MR) is 136 cm³/mol. The van der Waals surface area contributed by atoms with Crippen molar-refractivity contribution < 1.29 is 35.2 Å². The SMILES string of the molecule is O=C(C1CCN1S(=O)(=O)c1c(F)c(F)c(F)c(F)c1F)N(Cc1ccc(C2CCCCC2)cn1)c1ccccc1. The molecule has 1 aliphatic carbocycles. The van der Waals surface area contributed by atoms with Crippen molar-refractivity contribution in [3.05, 3.63) is 89.0 Å². The molecule has 1 unspecified atom stereocenters. The molecule has 1 saturated heterocycles. The highest BCUT2D eigenvalue weighted by Crippen LogP contribution is 2.35. The summed E-state index contributed by atoms with van der Waals surface area (Å²) in [5, 5.41) is 0. The van der Waals surface area contributed by atoms with Gasteiger partial charge in [0.1, 0.15) is 6.04 Å². The molecule has 0 N–H and O–H groups in total. The van der Waals surface area contributed by atoms with Gasteiger partial charge in [0, 0.05) is 18.4 Å². The minimum Gasteiger partial charge on any atom is -0.305 e. The van der Waals surface area contributed by atoms with E-state index in [0.29, 0.717) is 21.6 Å². The maximum atomic E-state index is 14.4. The van der Waals surface area contributed by atoms with Crippen molar-refractivity contribution in [2.45, 2.75) is 61.9 Å². The molecule has 2 heterocycles. The number of nitrogens with zero attached hydrogens (tertiary/aromatic N) is 3. The zero-order valence-corrected chi connectivity index (χ0v) is 22.1. The van der Waals surface area contributed by atoms with Crippen LogP contribution in [-0.4, -0.2) is 36.2 Å². The topological polar surface area (TPSA) is 70.6 Å². The molecule has 1 aliphatic heterocycles. The Labute approximate surface area is 228 Å². The number of amides is 1. The fraction of sp³-hybridized carbons (Fsp3) is 0.357. The van der Waals surface area contributed by atoms with Crippen molar-refractivity contribution in [2.75, 3.05) is 11.4 Å². The van der Waals surface area contributed by atoms with Crippen molar-refractivity contribution in [1.29, 1.82) is 0 Å². The molecule has 212 valence electrons. The van der Waals surface area contributed by atoms with E-state index in [2.05, 4.69) is 4.98 Å². The summed E-state index contributed by atoms with van der Waals surface area (Å²) in [6.45, 7) is -0.365. The summed E-state index contributed by atoms with van der Waals surface area (Å²) < 4.78 is 96.5. The van der Waals surface area contributed by atoms with Crippen LogP contribution >= 0.6 is 0 Å². The molecular formula is C28H26F5N3O3S. The molecule has 1 atom stereocenters. The van der Waals surface area contributed by atoms with Gasteiger partial charge < -0.3 is 4.90 Å². The van der Waals surface area contributed by atoms with Gasteiger partial charge in [0.2, 0.25) is 21.7 Å². The molecular weight excluding hydrogens is 553 g/mol. The first kappa shape index (κ1) is 28.2. The Morgan fingerprint density at radius 3 is 2.02 bits per heavy atom. The lowest BCUT2D eigenvalue weighted by Gasteiger charge is -2.41. The van der Waals surface area contributed by atoms with E-state index in [1.165, 1.54) is 11.3 Å². The number of anilines is 1. The second kappa shape index (κ2) is 11.2. The molecule has 6 nitrogen and oxygen atoms in total. The maximum absolute atomic E-state index is 14.4. The standard InChI is InChI=1S/C28H26F5N3O3S/c29-22-23(30)25(32)27(26(33)24(22)31)40(38,39)36-14-13-21(36)28(37)35(20-9-5-2-6-10-20)16-19-12-11-18(15-34-19)17-7-3-1-4-8-17/h2,5-6,9-12,15,17,21H,1,3-4,7-8,13-14,16H2. The van der Waals surface area contributed by atoms with Crippen molar-refractivity contribution in [3.63, 3.8) is 0 Å². The monoisotopic (exact) mass is 579 g/mol. The second-order valence-electron chi connectivity index (χ2n) is 10.00. The number of sulfonamides is 1. The first-order chi connectivity index (χ1) is 19.1. The normalized spacial score (nSPS) is 18.4. The van der Waals surface area contributed by atoms with Gasteiger partial charge in [-0.25, -0.2) is 30.4 Å². The van der Waals surface area contributed by atoms with Gasteiger partial charge in [-0.1, -0.05) is 43.5 Å². The van der Waals surface area contributed by atoms with Gasteiger partial charge in [-0.05, 0) is 48.9 Å². The van der Waals surface area contributed by atoms with E-state index in [0.717, 1.165) is 31.2 Å². The number of benzene rings is 2. The number of carbonyl (C=O) groups is 1. The van der Waals surface area contributed by atoms with Gasteiger partial charge in [0.05, 0.1) is 12.2 Å². The minimum atomic E-state index is -5.25. The minimum absolute atomic E-state index is 0.00909. The molecule has 1 saturated carbocycles. The van der Waals surface area contributed by atoms with Crippen LogP contribution in [0.25, 0.3) is 0 Å². The van der Waals surface area contributed by atoms with E-state index in [4.69, 9.17) is 0 Å². The first-order valence-corrected chi connectivity index (χ1v) is 14.4. The lowest BCUT2D eigenvalue weighted by Crippen LogP contribution is -2.59. The highest BCUT2D eigenvalue weighted by Gasteiger charge is 2.48. The van der Waals surface area contributed by atoms with Crippen LogP contribution in [0.1, 0.15) is 55.7 Å². The van der Waals surface area contributed by atoms with E-state index in [9.17, 15) is 35.2 Å². The summed E-state index contributed by atoms with van der Waals surface area (Å²) in [5.41, 5.74) is 2.07. The van der Waals surface area contributed by atoms with Crippen molar-refractivity contribution in [1.82, 2.24) is 9.29 Å². The van der Waals surface area contributed by atoms with Gasteiger partial charge in [-0.2, -0.15) is 4.31 Å². The summed E-state index contributed by atoms with van der Waals surface area (Å²) in [4.78, 5) is 17.5. The average Bonchev–Trinajstić information content (AvgIpc) is 2.94. The van der Waals surface area contributed by atoms with E-state index in [1.807, 2.05) is 6.07 Å². The molecule has 0 bridgehead atoms. The van der Waals surface area contributed by atoms with Gasteiger partial charge in [-0.3, -0.25) is 9.78 Å². The molecule has 2 aliphatic rings. The van der Waals surface area contributed by atoms with Crippen LogP contribution in [0.2, 0.25) is 0 Å². The van der Waals surface area contributed by atoms with Gasteiger partial charge in [0.15, 0.2) is 28.2 Å². The lowest BCUT2D eigenvalue weighted by atomic mass is 9.85. The lowest BCUT2D eigenvalue weighted by molar-refractivity contribution is -0.125. The Kier molecular flexibility index (Phi) is 7.92. The zero-order chi connectivity index (χ0) is 28.6. The average molecular weight is 580 g/mol. The van der Waals surface area contributed by atoms with E-state index >= 15 is 0 Å².